The second-order valence-corrected chi connectivity index (χ2v) is 7.52. The van der Waals surface area contributed by atoms with Gasteiger partial charge in [0.15, 0.2) is 0 Å². The molecule has 3 aromatic rings. The van der Waals surface area contributed by atoms with Crippen LogP contribution in [0.15, 0.2) is 52.5 Å². The summed E-state index contributed by atoms with van der Waals surface area (Å²) in [5, 5.41) is 9.88. The zero-order valence-corrected chi connectivity index (χ0v) is 14.1. The Hall–Kier alpha value is -1.98. The van der Waals surface area contributed by atoms with Gasteiger partial charge in [-0.1, -0.05) is 30.3 Å². The number of nitrogens with zero attached hydrogens (tertiary/aromatic N) is 1. The molecule has 0 spiro atoms. The Morgan fingerprint density at radius 1 is 1.17 bits per heavy atom. The fourth-order valence-electron chi connectivity index (χ4n) is 2.75. The monoisotopic (exact) mass is 340 g/mol. The molecule has 2 heterocycles. The fourth-order valence-corrected chi connectivity index (χ4v) is 4.26. The molecule has 1 fully saturated rings. The van der Waals surface area contributed by atoms with Crippen LogP contribution in [-0.4, -0.2) is 17.4 Å². The Bertz CT molecular complexity index is 805. The molecule has 0 unspecified atom stereocenters. The number of aromatic nitrogens is 1. The predicted molar refractivity (Wildman–Crippen MR) is 95.1 cm³/mol. The van der Waals surface area contributed by atoms with Gasteiger partial charge in [-0.25, -0.2) is 4.98 Å². The van der Waals surface area contributed by atoms with Gasteiger partial charge in [0.2, 0.25) is 0 Å². The van der Waals surface area contributed by atoms with Crippen LogP contribution in [0.4, 0.5) is 0 Å². The number of amides is 1. The van der Waals surface area contributed by atoms with E-state index in [0.29, 0.717) is 12.2 Å². The molecule has 0 saturated heterocycles. The minimum Gasteiger partial charge on any atom is -0.350 e. The Kier molecular flexibility index (Phi) is 3.75. The number of hydrogen-bond acceptors (Lipinski definition) is 4. The first-order valence-electron chi connectivity index (χ1n) is 7.59. The molecular weight excluding hydrogens is 324 g/mol. The van der Waals surface area contributed by atoms with E-state index in [0.717, 1.165) is 23.4 Å². The van der Waals surface area contributed by atoms with Gasteiger partial charge in [-0.2, -0.15) is 11.3 Å². The highest BCUT2D eigenvalue weighted by Crippen LogP contribution is 2.47. The second kappa shape index (κ2) is 5.91. The average Bonchev–Trinajstić information content (AvgIpc) is 3.01. The quantitative estimate of drug-likeness (QED) is 0.751. The van der Waals surface area contributed by atoms with Gasteiger partial charge in [0, 0.05) is 28.3 Å². The van der Waals surface area contributed by atoms with Crippen molar-refractivity contribution in [1.29, 1.82) is 0 Å². The smallest absolute Gasteiger partial charge is 0.270 e. The molecule has 3 nitrogen and oxygen atoms in total. The number of carbonyl (C=O) groups excluding carboxylic acids is 1. The molecule has 5 heteroatoms. The number of nitrogens with one attached hydrogen (secondary N) is 1. The lowest BCUT2D eigenvalue weighted by atomic mass is 9.96. The van der Waals surface area contributed by atoms with E-state index in [1.165, 1.54) is 16.9 Å². The first-order valence-corrected chi connectivity index (χ1v) is 9.41. The largest absolute Gasteiger partial charge is 0.350 e. The van der Waals surface area contributed by atoms with Crippen molar-refractivity contribution in [2.24, 2.45) is 0 Å². The number of carbonyl (C=O) groups is 1. The number of benzene rings is 1. The molecule has 4 rings (SSSR count). The molecule has 0 aliphatic heterocycles. The van der Waals surface area contributed by atoms with Crippen LogP contribution < -0.4 is 5.32 Å². The third-order valence-electron chi connectivity index (χ3n) is 4.33. The van der Waals surface area contributed by atoms with E-state index in [4.69, 9.17) is 0 Å². The number of thiophene rings is 1. The fraction of sp³-hybridized carbons (Fsp3) is 0.222. The van der Waals surface area contributed by atoms with Crippen molar-refractivity contribution in [3.8, 4) is 10.6 Å². The summed E-state index contributed by atoms with van der Waals surface area (Å²) in [7, 11) is 0. The molecule has 0 bridgehead atoms. The summed E-state index contributed by atoms with van der Waals surface area (Å²) < 4.78 is 0. The summed E-state index contributed by atoms with van der Waals surface area (Å²) in [4.78, 5) is 16.8. The normalized spacial score (nSPS) is 15.3. The highest BCUT2D eigenvalue weighted by Gasteiger charge is 2.44. The summed E-state index contributed by atoms with van der Waals surface area (Å²) >= 11 is 3.15. The molecular formula is C18H16N2OS2. The van der Waals surface area contributed by atoms with Crippen LogP contribution in [0.3, 0.4) is 0 Å². The van der Waals surface area contributed by atoms with Gasteiger partial charge in [-0.3, -0.25) is 4.79 Å². The SMILES string of the molecule is O=C(NCC1(c2ccccc2)CC1)c1csc(-c2ccsc2)n1. The number of hydrogen-bond donors (Lipinski definition) is 1. The van der Waals surface area contributed by atoms with Crippen molar-refractivity contribution < 1.29 is 4.79 Å². The lowest BCUT2D eigenvalue weighted by molar-refractivity contribution is 0.0945. The zero-order valence-electron chi connectivity index (χ0n) is 12.5. The van der Waals surface area contributed by atoms with E-state index < -0.39 is 0 Å². The minimum atomic E-state index is -0.0788. The standard InChI is InChI=1S/C18H16N2OS2/c21-16(15-11-23-17(20-15)13-6-9-22-10-13)19-12-18(7-8-18)14-4-2-1-3-5-14/h1-6,9-11H,7-8,12H2,(H,19,21). The summed E-state index contributed by atoms with van der Waals surface area (Å²) in [5.74, 6) is -0.0788. The maximum Gasteiger partial charge on any atom is 0.270 e. The number of thiazole rings is 1. The summed E-state index contributed by atoms with van der Waals surface area (Å²) in [6.45, 7) is 0.682. The Morgan fingerprint density at radius 2 is 2.00 bits per heavy atom. The third-order valence-corrected chi connectivity index (χ3v) is 5.91. The molecule has 0 atom stereocenters. The Morgan fingerprint density at radius 3 is 2.70 bits per heavy atom. The summed E-state index contributed by atoms with van der Waals surface area (Å²) in [6.07, 6.45) is 2.27. The molecule has 1 saturated carbocycles. The van der Waals surface area contributed by atoms with Gasteiger partial charge in [-0.05, 0) is 29.9 Å². The molecule has 23 heavy (non-hydrogen) atoms. The van der Waals surface area contributed by atoms with E-state index in [2.05, 4.69) is 39.9 Å². The minimum absolute atomic E-state index is 0.0788. The Balaban J connectivity index is 1.43. The first-order chi connectivity index (χ1) is 11.3. The van der Waals surface area contributed by atoms with Crippen LogP contribution in [0.2, 0.25) is 0 Å². The highest BCUT2D eigenvalue weighted by molar-refractivity contribution is 7.14. The molecule has 1 N–H and O–H groups in total. The van der Waals surface area contributed by atoms with Gasteiger partial charge in [0.1, 0.15) is 10.7 Å². The van der Waals surface area contributed by atoms with Crippen molar-refractivity contribution in [3.05, 3.63) is 63.8 Å². The maximum absolute atomic E-state index is 12.4. The van der Waals surface area contributed by atoms with Crippen molar-refractivity contribution in [1.82, 2.24) is 10.3 Å². The lowest BCUT2D eigenvalue weighted by Crippen LogP contribution is -2.32. The first kappa shape index (κ1) is 14.6. The van der Waals surface area contributed by atoms with Crippen LogP contribution in [0.5, 0.6) is 0 Å². The van der Waals surface area contributed by atoms with Crippen LogP contribution in [-0.2, 0) is 5.41 Å². The van der Waals surface area contributed by atoms with E-state index in [1.807, 2.05) is 22.9 Å². The van der Waals surface area contributed by atoms with Gasteiger partial charge in [0.05, 0.1) is 0 Å². The lowest BCUT2D eigenvalue weighted by Gasteiger charge is -2.16. The van der Waals surface area contributed by atoms with E-state index >= 15 is 0 Å². The zero-order chi connectivity index (χ0) is 15.7. The van der Waals surface area contributed by atoms with Crippen molar-refractivity contribution in [3.63, 3.8) is 0 Å². The molecule has 116 valence electrons. The summed E-state index contributed by atoms with van der Waals surface area (Å²) in [5.41, 5.74) is 3.04. The maximum atomic E-state index is 12.4. The van der Waals surface area contributed by atoms with E-state index in [1.54, 1.807) is 11.3 Å². The van der Waals surface area contributed by atoms with Gasteiger partial charge in [0.25, 0.3) is 5.91 Å². The van der Waals surface area contributed by atoms with Crippen LogP contribution in [0.1, 0.15) is 28.9 Å². The van der Waals surface area contributed by atoms with Crippen LogP contribution >= 0.6 is 22.7 Å². The molecule has 1 amide bonds. The molecule has 1 aliphatic carbocycles. The van der Waals surface area contributed by atoms with Gasteiger partial charge >= 0.3 is 0 Å². The molecule has 0 radical (unpaired) electrons. The van der Waals surface area contributed by atoms with Gasteiger partial charge in [-0.15, -0.1) is 11.3 Å². The molecule has 1 aliphatic rings. The van der Waals surface area contributed by atoms with Crippen molar-refractivity contribution in [2.75, 3.05) is 6.54 Å². The average molecular weight is 340 g/mol. The van der Waals surface area contributed by atoms with Crippen molar-refractivity contribution in [2.45, 2.75) is 18.3 Å². The molecule has 2 aromatic heterocycles. The predicted octanol–water partition coefficient (Wildman–Crippen LogP) is 4.33. The Labute approximate surface area is 143 Å². The third kappa shape index (κ3) is 2.94. The highest BCUT2D eigenvalue weighted by atomic mass is 32.1. The van der Waals surface area contributed by atoms with Crippen LogP contribution in [0, 0.1) is 0 Å². The van der Waals surface area contributed by atoms with E-state index in [9.17, 15) is 4.79 Å². The van der Waals surface area contributed by atoms with Crippen molar-refractivity contribution >= 4 is 28.6 Å². The van der Waals surface area contributed by atoms with Gasteiger partial charge < -0.3 is 5.32 Å². The number of rotatable bonds is 5. The summed E-state index contributed by atoms with van der Waals surface area (Å²) in [6, 6.07) is 12.5. The molecule has 1 aromatic carbocycles. The topological polar surface area (TPSA) is 42.0 Å². The second-order valence-electron chi connectivity index (χ2n) is 5.88. The van der Waals surface area contributed by atoms with Crippen LogP contribution in [0.25, 0.3) is 10.6 Å². The van der Waals surface area contributed by atoms with E-state index in [-0.39, 0.29) is 11.3 Å².